The van der Waals surface area contributed by atoms with Crippen LogP contribution in [0.5, 0.6) is 0 Å². The molecule has 1 aliphatic carbocycles. The van der Waals surface area contributed by atoms with E-state index in [1.165, 1.54) is 32.5 Å². The second-order valence-corrected chi connectivity index (χ2v) is 16.4. The van der Waals surface area contributed by atoms with Gasteiger partial charge in [0.05, 0.1) is 22.7 Å². The van der Waals surface area contributed by atoms with Crippen LogP contribution in [-0.2, 0) is 0 Å². The standard InChI is InChI=1S/C57H42N2O2/c1-4-36-15-11-21-42-44-23-13-25-50(56(44)60-54(36)42)58(39-16-7-5-8-17-39)48-33-29-37-28-32-47-49(34-30-38-27-31-46(48)52(37)53(38)47)59(40-18-9-6-10-19-40)51-26-14-24-45-43-22-12-20-41(35(2)3)55(43)61-57(45)51/h5-14,16-34,36H,2,4,15H2,1,3H3. The molecule has 0 saturated carbocycles. The van der Waals surface area contributed by atoms with E-state index >= 15 is 0 Å². The molecule has 11 aromatic rings. The molecule has 4 nitrogen and oxygen atoms in total. The van der Waals surface area contributed by atoms with Crippen molar-refractivity contribution < 1.29 is 8.83 Å². The fourth-order valence-electron chi connectivity index (χ4n) is 10.1. The van der Waals surface area contributed by atoms with Gasteiger partial charge in [0.2, 0.25) is 0 Å². The molecule has 0 fully saturated rings. The van der Waals surface area contributed by atoms with Gasteiger partial charge in [-0.3, -0.25) is 0 Å². The predicted octanol–water partition coefficient (Wildman–Crippen LogP) is 17.1. The van der Waals surface area contributed by atoms with E-state index in [9.17, 15) is 0 Å². The van der Waals surface area contributed by atoms with Crippen LogP contribution < -0.4 is 9.80 Å². The van der Waals surface area contributed by atoms with E-state index in [4.69, 9.17) is 8.83 Å². The molecule has 4 heteroatoms. The van der Waals surface area contributed by atoms with Crippen molar-refractivity contribution in [1.29, 1.82) is 0 Å². The Labute approximate surface area is 354 Å². The van der Waals surface area contributed by atoms with Crippen LogP contribution in [0, 0.1) is 0 Å². The van der Waals surface area contributed by atoms with Crippen LogP contribution >= 0.6 is 0 Å². The number of furan rings is 2. The van der Waals surface area contributed by atoms with Gasteiger partial charge in [-0.25, -0.2) is 0 Å². The molecule has 0 N–H and O–H groups in total. The van der Waals surface area contributed by atoms with Crippen LogP contribution in [0.25, 0.3) is 76.9 Å². The predicted molar refractivity (Wildman–Crippen MR) is 258 cm³/mol. The van der Waals surface area contributed by atoms with Crippen molar-refractivity contribution in [3.63, 3.8) is 0 Å². The second kappa shape index (κ2) is 13.8. The minimum atomic E-state index is 0.372. The molecular formula is C57H42N2O2. The lowest BCUT2D eigenvalue weighted by molar-refractivity contribution is 0.478. The number of fused-ring (bicyclic) bond motifs is 6. The summed E-state index contributed by atoms with van der Waals surface area (Å²) in [4.78, 5) is 4.76. The number of benzene rings is 9. The summed E-state index contributed by atoms with van der Waals surface area (Å²) in [7, 11) is 0. The lowest BCUT2D eigenvalue weighted by atomic mass is 9.90. The highest BCUT2D eigenvalue weighted by atomic mass is 16.3. The van der Waals surface area contributed by atoms with Crippen LogP contribution in [0.2, 0.25) is 0 Å². The van der Waals surface area contributed by atoms with Gasteiger partial charge in [-0.1, -0.05) is 141 Å². The minimum Gasteiger partial charge on any atom is -0.458 e. The molecule has 0 spiro atoms. The Balaban J connectivity index is 1.11. The zero-order chi connectivity index (χ0) is 40.8. The molecular weight excluding hydrogens is 745 g/mol. The maximum absolute atomic E-state index is 6.96. The van der Waals surface area contributed by atoms with E-state index in [1.54, 1.807) is 0 Å². The van der Waals surface area contributed by atoms with Crippen LogP contribution in [0.3, 0.4) is 0 Å². The summed E-state index contributed by atoms with van der Waals surface area (Å²) in [6.45, 7) is 8.57. The first-order chi connectivity index (χ1) is 30.1. The molecule has 292 valence electrons. The van der Waals surface area contributed by atoms with Crippen molar-refractivity contribution in [3.05, 3.63) is 193 Å². The molecule has 1 atom stereocenters. The number of rotatable bonds is 8. The molecule has 2 aromatic heterocycles. The number of anilines is 6. The second-order valence-electron chi connectivity index (χ2n) is 16.4. The summed E-state index contributed by atoms with van der Waals surface area (Å²) in [5.41, 5.74) is 12.2. The Hall–Kier alpha value is -7.56. The van der Waals surface area contributed by atoms with E-state index in [0.29, 0.717) is 5.92 Å². The van der Waals surface area contributed by atoms with Gasteiger partial charge in [0, 0.05) is 55.4 Å². The van der Waals surface area contributed by atoms with Crippen molar-refractivity contribution in [2.24, 2.45) is 0 Å². The maximum atomic E-state index is 6.96. The zero-order valence-electron chi connectivity index (χ0n) is 34.2. The van der Waals surface area contributed by atoms with Gasteiger partial charge in [0.15, 0.2) is 11.2 Å². The van der Waals surface area contributed by atoms with Gasteiger partial charge in [0.1, 0.15) is 11.3 Å². The molecule has 0 saturated heterocycles. The van der Waals surface area contributed by atoms with E-state index in [2.05, 4.69) is 199 Å². The summed E-state index contributed by atoms with van der Waals surface area (Å²) in [6, 6.07) is 59.1. The highest BCUT2D eigenvalue weighted by molar-refractivity contribution is 6.28. The molecule has 2 heterocycles. The Morgan fingerprint density at radius 2 is 1.05 bits per heavy atom. The van der Waals surface area contributed by atoms with Crippen molar-refractivity contribution in [3.8, 4) is 0 Å². The smallest absolute Gasteiger partial charge is 0.159 e. The van der Waals surface area contributed by atoms with Gasteiger partial charge in [-0.05, 0) is 95.4 Å². The third-order valence-corrected chi connectivity index (χ3v) is 12.9. The largest absolute Gasteiger partial charge is 0.458 e. The molecule has 0 amide bonds. The van der Waals surface area contributed by atoms with Crippen molar-refractivity contribution in [2.75, 3.05) is 9.80 Å². The first-order valence-electron chi connectivity index (χ1n) is 21.3. The average molecular weight is 787 g/mol. The third kappa shape index (κ3) is 5.31. The van der Waals surface area contributed by atoms with E-state index < -0.39 is 0 Å². The van der Waals surface area contributed by atoms with E-state index in [-0.39, 0.29) is 0 Å². The van der Waals surface area contributed by atoms with E-state index in [1.807, 2.05) is 6.92 Å². The first-order valence-corrected chi connectivity index (χ1v) is 21.3. The monoisotopic (exact) mass is 786 g/mol. The topological polar surface area (TPSA) is 32.8 Å². The number of para-hydroxylation sites is 5. The van der Waals surface area contributed by atoms with Crippen molar-refractivity contribution in [1.82, 2.24) is 0 Å². The number of hydrogen-bond donors (Lipinski definition) is 0. The van der Waals surface area contributed by atoms with Crippen LogP contribution in [0.4, 0.5) is 34.1 Å². The van der Waals surface area contributed by atoms with Gasteiger partial charge < -0.3 is 18.6 Å². The molecule has 0 radical (unpaired) electrons. The van der Waals surface area contributed by atoms with Gasteiger partial charge in [0.25, 0.3) is 0 Å². The molecule has 1 aliphatic rings. The fraction of sp³-hybridized carbons (Fsp3) is 0.0877. The number of nitrogens with zero attached hydrogens (tertiary/aromatic N) is 2. The summed E-state index contributed by atoms with van der Waals surface area (Å²) >= 11 is 0. The zero-order valence-corrected chi connectivity index (χ0v) is 34.2. The van der Waals surface area contributed by atoms with E-state index in [0.717, 1.165) is 102 Å². The van der Waals surface area contributed by atoms with Crippen LogP contribution in [-0.4, -0.2) is 0 Å². The molecule has 0 aliphatic heterocycles. The van der Waals surface area contributed by atoms with Crippen molar-refractivity contribution >= 4 is 111 Å². The number of hydrogen-bond acceptors (Lipinski definition) is 4. The molecule has 61 heavy (non-hydrogen) atoms. The Kier molecular flexibility index (Phi) is 7.98. The molecule has 9 aromatic carbocycles. The normalized spacial score (nSPS) is 13.9. The van der Waals surface area contributed by atoms with Gasteiger partial charge >= 0.3 is 0 Å². The summed E-state index contributed by atoms with van der Waals surface area (Å²) in [5.74, 6) is 1.47. The SMILES string of the molecule is C=C(C)c1cccc2c1oc1c(N(c3ccccc3)c3ccc4ccc5c(N(c6ccccc6)c6cccc7c8c(oc67)C(CC)CC=C8)ccc6ccc3c4c65)cccc12. The lowest BCUT2D eigenvalue weighted by Gasteiger charge is -2.29. The Bertz CT molecular complexity index is 3540. The third-order valence-electron chi connectivity index (χ3n) is 12.9. The average Bonchev–Trinajstić information content (AvgIpc) is 3.90. The van der Waals surface area contributed by atoms with Crippen LogP contribution in [0.15, 0.2) is 185 Å². The first kappa shape index (κ1) is 35.4. The molecule has 1 unspecified atom stereocenters. The summed E-state index contributed by atoms with van der Waals surface area (Å²) < 4.78 is 13.9. The quantitative estimate of drug-likeness (QED) is 0.144. The highest BCUT2D eigenvalue weighted by Gasteiger charge is 2.28. The van der Waals surface area contributed by atoms with Gasteiger partial charge in [-0.2, -0.15) is 0 Å². The molecule has 0 bridgehead atoms. The van der Waals surface area contributed by atoms with Crippen LogP contribution in [0.1, 0.15) is 49.5 Å². The Morgan fingerprint density at radius 1 is 0.525 bits per heavy atom. The Morgan fingerprint density at radius 3 is 1.62 bits per heavy atom. The molecule has 12 rings (SSSR count). The summed E-state index contributed by atoms with van der Waals surface area (Å²) in [5, 5.41) is 10.5. The fourth-order valence-corrected chi connectivity index (χ4v) is 10.1. The van der Waals surface area contributed by atoms with Gasteiger partial charge in [-0.15, -0.1) is 0 Å². The highest BCUT2D eigenvalue weighted by Crippen LogP contribution is 2.51. The minimum absolute atomic E-state index is 0.372. The lowest BCUT2D eigenvalue weighted by Crippen LogP contribution is -2.11. The number of allylic oxidation sites excluding steroid dienone is 2. The van der Waals surface area contributed by atoms with Crippen molar-refractivity contribution in [2.45, 2.75) is 32.6 Å². The maximum Gasteiger partial charge on any atom is 0.159 e. The summed E-state index contributed by atoms with van der Waals surface area (Å²) in [6.07, 6.45) is 6.60.